The van der Waals surface area contributed by atoms with Gasteiger partial charge in [-0.15, -0.1) is 0 Å². The van der Waals surface area contributed by atoms with Gasteiger partial charge in [0.15, 0.2) is 0 Å². The molecule has 0 unspecified atom stereocenters. The third-order valence-corrected chi connectivity index (χ3v) is 10.1. The first-order chi connectivity index (χ1) is 4.85. The van der Waals surface area contributed by atoms with Crippen molar-refractivity contribution >= 4 is 47.3 Å². The molecule has 0 radical (unpaired) electrons. The minimum absolute atomic E-state index is 0. The molecule has 0 saturated heterocycles. The van der Waals surface area contributed by atoms with E-state index in [4.69, 9.17) is 0 Å². The van der Waals surface area contributed by atoms with Crippen molar-refractivity contribution in [3.63, 3.8) is 0 Å². The Morgan fingerprint density at radius 2 is 0.929 bits per heavy atom. The zero-order chi connectivity index (χ0) is 7.82. The van der Waals surface area contributed by atoms with E-state index in [1.165, 1.54) is 12.5 Å². The molecule has 0 aromatic heterocycles. The van der Waals surface area contributed by atoms with Crippen LogP contribution >= 0.6 is 0 Å². The normalized spacial score (nSPS) is 6.00. The van der Waals surface area contributed by atoms with Crippen molar-refractivity contribution in [2.75, 3.05) is 0 Å². The number of rotatable bonds is 6. The van der Waals surface area contributed by atoms with Gasteiger partial charge in [-0.05, 0) is 0 Å². The van der Waals surface area contributed by atoms with Crippen LogP contribution in [0, 0.1) is 0 Å². The smallest absolute Gasteiger partial charge is 1.00 e. The molecule has 0 atom stereocenters. The second kappa shape index (κ2) is 24.2. The van der Waals surface area contributed by atoms with Crippen LogP contribution in [0.2, 0.25) is 12.5 Å². The van der Waals surface area contributed by atoms with E-state index in [9.17, 15) is 0 Å². The first kappa shape index (κ1) is 29.7. The molecule has 0 spiro atoms. The topological polar surface area (TPSA) is 0 Å². The SMILES string of the molecule is C=C[CH2][In]([CH2]C=C)[CH2]C=C.[Cl-].[Cl-].[Cl-].[In+3]. The third kappa shape index (κ3) is 19.4. The van der Waals surface area contributed by atoms with Crippen molar-refractivity contribution in [1.29, 1.82) is 0 Å². The van der Waals surface area contributed by atoms with E-state index in [1.54, 1.807) is 0 Å². The minimum Gasteiger partial charge on any atom is -1.00 e. The zero-order valence-electron chi connectivity index (χ0n) is 8.26. The largest absolute Gasteiger partial charge is 3.00 e. The molecule has 0 bridgehead atoms. The summed E-state index contributed by atoms with van der Waals surface area (Å²) in [6, 6.07) is 0. The van der Waals surface area contributed by atoms with Crippen molar-refractivity contribution < 1.29 is 37.2 Å². The van der Waals surface area contributed by atoms with Crippen LogP contribution in [0.4, 0.5) is 0 Å². The predicted octanol–water partition coefficient (Wildman–Crippen LogP) is -6.33. The van der Waals surface area contributed by atoms with Gasteiger partial charge in [-0.3, -0.25) is 0 Å². The van der Waals surface area contributed by atoms with Crippen molar-refractivity contribution in [1.82, 2.24) is 0 Å². The maximum absolute atomic E-state index is 3.75. The summed E-state index contributed by atoms with van der Waals surface area (Å²) < 4.78 is 3.83. The fourth-order valence-electron chi connectivity index (χ4n) is 0.996. The maximum atomic E-state index is 3.75. The first-order valence-electron chi connectivity index (χ1n) is 3.67. The molecule has 0 aliphatic rings. The fraction of sp³-hybridized carbons (Fsp3) is 0.333. The van der Waals surface area contributed by atoms with Crippen LogP contribution in [0.1, 0.15) is 0 Å². The summed E-state index contributed by atoms with van der Waals surface area (Å²) in [4.78, 5) is 0. The summed E-state index contributed by atoms with van der Waals surface area (Å²) in [5.74, 6) is 0. The predicted molar refractivity (Wildman–Crippen MR) is 56.5 cm³/mol. The Labute approximate surface area is 133 Å². The van der Waals surface area contributed by atoms with Crippen molar-refractivity contribution in [2.45, 2.75) is 12.5 Å². The zero-order valence-corrected chi connectivity index (χ0v) is 17.1. The van der Waals surface area contributed by atoms with Gasteiger partial charge in [-0.2, -0.15) is 0 Å². The van der Waals surface area contributed by atoms with E-state index in [-0.39, 0.29) is 63.1 Å². The van der Waals surface area contributed by atoms with Gasteiger partial charge in [-0.1, -0.05) is 0 Å². The van der Waals surface area contributed by atoms with Gasteiger partial charge < -0.3 is 37.2 Å². The van der Waals surface area contributed by atoms with Crippen LogP contribution in [0.3, 0.4) is 0 Å². The molecule has 0 nitrogen and oxygen atoms in total. The molecule has 5 heteroatoms. The number of hydrogen-bond donors (Lipinski definition) is 0. The van der Waals surface area contributed by atoms with E-state index in [0.717, 1.165) is 0 Å². The number of halogens is 3. The number of allylic oxidation sites excluding steroid dienone is 3. The maximum Gasteiger partial charge on any atom is 3.00 e. The monoisotopic (exact) mass is 458 g/mol. The molecule has 0 rings (SSSR count). The van der Waals surface area contributed by atoms with E-state index in [1.807, 2.05) is 18.2 Å². The van der Waals surface area contributed by atoms with E-state index in [0.29, 0.717) is 0 Å². The first-order valence-corrected chi connectivity index (χ1v) is 10.7. The molecule has 0 heterocycles. The van der Waals surface area contributed by atoms with Crippen LogP contribution < -0.4 is 37.2 Å². The van der Waals surface area contributed by atoms with Gasteiger partial charge in [-0.25, -0.2) is 0 Å². The van der Waals surface area contributed by atoms with Crippen LogP contribution in [-0.4, -0.2) is 47.3 Å². The van der Waals surface area contributed by atoms with Gasteiger partial charge in [0.1, 0.15) is 0 Å². The molecule has 0 aliphatic carbocycles. The Hall–Kier alpha value is 1.83. The van der Waals surface area contributed by atoms with Gasteiger partial charge in [0.05, 0.1) is 0 Å². The Morgan fingerprint density at radius 1 is 0.714 bits per heavy atom. The van der Waals surface area contributed by atoms with Gasteiger partial charge in [0.25, 0.3) is 0 Å². The fourth-order valence-corrected chi connectivity index (χ4v) is 6.68. The molecule has 0 fully saturated rings. The average molecular weight is 459 g/mol. The molecular weight excluding hydrogens is 444 g/mol. The van der Waals surface area contributed by atoms with E-state index >= 15 is 0 Å². The summed E-state index contributed by atoms with van der Waals surface area (Å²) in [6.07, 6.45) is 6.15. The summed E-state index contributed by atoms with van der Waals surface area (Å²) in [6.45, 7) is 11.2. The van der Waals surface area contributed by atoms with Crippen LogP contribution in [0.15, 0.2) is 38.0 Å². The van der Waals surface area contributed by atoms with Crippen molar-refractivity contribution in [3.05, 3.63) is 38.0 Å². The molecule has 0 saturated carbocycles. The second-order valence-corrected chi connectivity index (χ2v) is 11.4. The van der Waals surface area contributed by atoms with E-state index in [2.05, 4.69) is 19.7 Å². The van der Waals surface area contributed by atoms with E-state index < -0.39 is 21.4 Å². The molecule has 0 aromatic rings. The van der Waals surface area contributed by atoms with Crippen LogP contribution in [0.25, 0.3) is 0 Å². The quantitative estimate of drug-likeness (QED) is 0.347. The Morgan fingerprint density at radius 3 is 1.07 bits per heavy atom. The standard InChI is InChI=1S/3C3H5.3ClH.2In/c3*1-3-2;;;;;/h3*3H,1-2H2;3*1H;;/q;;;;;;;+3/p-3. The molecular formula is C9H15Cl3In2. The number of hydrogen-bond acceptors (Lipinski definition) is 0. The Balaban J connectivity index is -0.0000000675. The Kier molecular flexibility index (Phi) is 51.3. The van der Waals surface area contributed by atoms with Gasteiger partial charge in [0.2, 0.25) is 0 Å². The second-order valence-electron chi connectivity index (χ2n) is 2.44. The van der Waals surface area contributed by atoms with Gasteiger partial charge in [0, 0.05) is 0 Å². The van der Waals surface area contributed by atoms with Gasteiger partial charge >= 0.3 is 97.8 Å². The van der Waals surface area contributed by atoms with Crippen LogP contribution in [-0.2, 0) is 0 Å². The molecule has 14 heavy (non-hydrogen) atoms. The molecule has 0 aliphatic heterocycles. The molecule has 78 valence electrons. The minimum atomic E-state index is -1.23. The summed E-state index contributed by atoms with van der Waals surface area (Å²) in [5.41, 5.74) is 0. The average Bonchev–Trinajstić information content (AvgIpc) is 1.90. The van der Waals surface area contributed by atoms with Crippen molar-refractivity contribution in [2.24, 2.45) is 0 Å². The Bertz CT molecular complexity index is 105. The summed E-state index contributed by atoms with van der Waals surface area (Å²) in [7, 11) is 0. The molecule has 0 aromatic carbocycles. The molecule has 0 N–H and O–H groups in total. The third-order valence-electron chi connectivity index (χ3n) is 1.50. The van der Waals surface area contributed by atoms with Crippen LogP contribution in [0.5, 0.6) is 0 Å². The molecule has 0 amide bonds. The summed E-state index contributed by atoms with van der Waals surface area (Å²) >= 11 is -1.23. The summed E-state index contributed by atoms with van der Waals surface area (Å²) in [5, 5.41) is 0. The van der Waals surface area contributed by atoms with Crippen molar-refractivity contribution in [3.8, 4) is 0 Å².